The van der Waals surface area contributed by atoms with Crippen LogP contribution in [-0.4, -0.2) is 46.6 Å². The highest BCUT2D eigenvalue weighted by Gasteiger charge is 2.37. The fraction of sp³-hybridized carbons (Fsp3) is 0.368. The predicted octanol–water partition coefficient (Wildman–Crippen LogP) is 2.42. The van der Waals surface area contributed by atoms with Crippen LogP contribution in [0.1, 0.15) is 18.4 Å². The molecule has 128 valence electrons. The third-order valence-corrected chi connectivity index (χ3v) is 5.19. The number of aromatic nitrogens is 2. The van der Waals surface area contributed by atoms with E-state index in [0.29, 0.717) is 17.9 Å². The Morgan fingerprint density at radius 1 is 1.08 bits per heavy atom. The number of nitrogens with zero attached hydrogens (tertiary/aromatic N) is 4. The van der Waals surface area contributed by atoms with Gasteiger partial charge in [-0.3, -0.25) is 4.90 Å². The summed E-state index contributed by atoms with van der Waals surface area (Å²) in [6.45, 7) is 2.81. The standard InChI is InChI=1S/C19H20ClN5/c20-15-4-1-14(2-5-15)3-6-16-7-8-17-13-24(11-12-25(16)17)19-18(21)22-9-10-23-19/h1-2,4-5,9-10,16-17H,7-8,11-13H2,(H2,21,22)/t16-,17-/m0/s1. The van der Waals surface area contributed by atoms with Gasteiger partial charge in [0.1, 0.15) is 0 Å². The van der Waals surface area contributed by atoms with Crippen molar-refractivity contribution >= 4 is 23.2 Å². The van der Waals surface area contributed by atoms with Gasteiger partial charge in [0.2, 0.25) is 0 Å². The van der Waals surface area contributed by atoms with Crippen molar-refractivity contribution in [1.82, 2.24) is 14.9 Å². The van der Waals surface area contributed by atoms with Crippen molar-refractivity contribution < 1.29 is 0 Å². The van der Waals surface area contributed by atoms with Crippen LogP contribution in [0.5, 0.6) is 0 Å². The van der Waals surface area contributed by atoms with E-state index in [0.717, 1.165) is 48.9 Å². The molecule has 0 bridgehead atoms. The molecule has 25 heavy (non-hydrogen) atoms. The van der Waals surface area contributed by atoms with Crippen LogP contribution >= 0.6 is 11.6 Å². The summed E-state index contributed by atoms with van der Waals surface area (Å²) in [5.41, 5.74) is 6.99. The normalized spacial score (nSPS) is 23.0. The number of rotatable bonds is 1. The van der Waals surface area contributed by atoms with Gasteiger partial charge in [-0.25, -0.2) is 9.97 Å². The quantitative estimate of drug-likeness (QED) is 0.798. The van der Waals surface area contributed by atoms with Crippen molar-refractivity contribution in [2.24, 2.45) is 0 Å². The van der Waals surface area contributed by atoms with E-state index < -0.39 is 0 Å². The molecule has 4 rings (SSSR count). The summed E-state index contributed by atoms with van der Waals surface area (Å²) in [5, 5.41) is 0.742. The van der Waals surface area contributed by atoms with Gasteiger partial charge in [-0.2, -0.15) is 0 Å². The minimum Gasteiger partial charge on any atom is -0.381 e. The van der Waals surface area contributed by atoms with Crippen molar-refractivity contribution in [3.63, 3.8) is 0 Å². The number of nitrogens with two attached hydrogens (primary N) is 1. The second-order valence-electron chi connectivity index (χ2n) is 6.47. The number of piperazine rings is 1. The van der Waals surface area contributed by atoms with Crippen LogP contribution in [-0.2, 0) is 0 Å². The van der Waals surface area contributed by atoms with Crippen LogP contribution in [0.2, 0.25) is 5.02 Å². The van der Waals surface area contributed by atoms with E-state index in [9.17, 15) is 0 Å². The molecule has 2 aliphatic heterocycles. The first kappa shape index (κ1) is 16.2. The van der Waals surface area contributed by atoms with Gasteiger partial charge < -0.3 is 10.6 Å². The molecule has 2 saturated heterocycles. The fourth-order valence-corrected chi connectivity index (χ4v) is 3.81. The van der Waals surface area contributed by atoms with E-state index in [1.54, 1.807) is 12.4 Å². The lowest BCUT2D eigenvalue weighted by Crippen LogP contribution is -2.52. The lowest BCUT2D eigenvalue weighted by atomic mass is 10.1. The lowest BCUT2D eigenvalue weighted by Gasteiger charge is -2.39. The van der Waals surface area contributed by atoms with Gasteiger partial charge in [0.15, 0.2) is 11.6 Å². The molecule has 0 saturated carbocycles. The molecule has 2 atom stereocenters. The van der Waals surface area contributed by atoms with Crippen molar-refractivity contribution in [2.75, 3.05) is 30.3 Å². The molecule has 2 aromatic rings. The van der Waals surface area contributed by atoms with Crippen LogP contribution < -0.4 is 10.6 Å². The Morgan fingerprint density at radius 2 is 1.88 bits per heavy atom. The summed E-state index contributed by atoms with van der Waals surface area (Å²) in [5.74, 6) is 8.05. The SMILES string of the molecule is Nc1nccnc1N1CCN2[C@@H](CC[C@@H]2C#Cc2ccc(Cl)cc2)C1. The average molecular weight is 354 g/mol. The third kappa shape index (κ3) is 3.41. The van der Waals surface area contributed by atoms with E-state index in [2.05, 4.69) is 31.6 Å². The number of fused-ring (bicyclic) bond motifs is 1. The maximum Gasteiger partial charge on any atom is 0.171 e. The zero-order valence-corrected chi connectivity index (χ0v) is 14.7. The Morgan fingerprint density at radius 3 is 2.68 bits per heavy atom. The van der Waals surface area contributed by atoms with Crippen molar-refractivity contribution in [3.05, 3.63) is 47.2 Å². The molecule has 2 fully saturated rings. The monoisotopic (exact) mass is 353 g/mol. The summed E-state index contributed by atoms with van der Waals surface area (Å²) < 4.78 is 0. The van der Waals surface area contributed by atoms with Gasteiger partial charge in [0, 0.05) is 48.7 Å². The zero-order chi connectivity index (χ0) is 17.2. The highest BCUT2D eigenvalue weighted by Crippen LogP contribution is 2.30. The Balaban J connectivity index is 1.44. The minimum absolute atomic E-state index is 0.321. The molecule has 3 heterocycles. The largest absolute Gasteiger partial charge is 0.381 e. The molecule has 1 aromatic heterocycles. The highest BCUT2D eigenvalue weighted by atomic mass is 35.5. The summed E-state index contributed by atoms with van der Waals surface area (Å²) >= 11 is 5.93. The van der Waals surface area contributed by atoms with E-state index >= 15 is 0 Å². The molecular formula is C19H20ClN5. The zero-order valence-electron chi connectivity index (χ0n) is 13.9. The van der Waals surface area contributed by atoms with Gasteiger partial charge in [-0.15, -0.1) is 0 Å². The van der Waals surface area contributed by atoms with Gasteiger partial charge in [-0.1, -0.05) is 23.4 Å². The van der Waals surface area contributed by atoms with Crippen molar-refractivity contribution in [1.29, 1.82) is 0 Å². The van der Waals surface area contributed by atoms with Gasteiger partial charge in [0.25, 0.3) is 0 Å². The first-order valence-corrected chi connectivity index (χ1v) is 8.93. The second-order valence-corrected chi connectivity index (χ2v) is 6.91. The number of anilines is 2. The van der Waals surface area contributed by atoms with E-state index in [-0.39, 0.29) is 0 Å². The molecule has 0 amide bonds. The number of hydrogen-bond donors (Lipinski definition) is 1. The maximum atomic E-state index is 5.98. The van der Waals surface area contributed by atoms with Crippen molar-refractivity contribution in [3.8, 4) is 11.8 Å². The molecule has 2 aliphatic rings. The van der Waals surface area contributed by atoms with Crippen LogP contribution in [0, 0.1) is 11.8 Å². The summed E-state index contributed by atoms with van der Waals surface area (Å²) in [7, 11) is 0. The first-order valence-electron chi connectivity index (χ1n) is 8.55. The lowest BCUT2D eigenvalue weighted by molar-refractivity contribution is 0.203. The Bertz CT molecular complexity index is 811. The molecular weight excluding hydrogens is 334 g/mol. The summed E-state index contributed by atoms with van der Waals surface area (Å²) in [4.78, 5) is 13.3. The predicted molar refractivity (Wildman–Crippen MR) is 101 cm³/mol. The average Bonchev–Trinajstić information content (AvgIpc) is 3.04. The van der Waals surface area contributed by atoms with Crippen molar-refractivity contribution in [2.45, 2.75) is 24.9 Å². The van der Waals surface area contributed by atoms with E-state index in [1.807, 2.05) is 24.3 Å². The van der Waals surface area contributed by atoms with Crippen LogP contribution in [0.15, 0.2) is 36.7 Å². The highest BCUT2D eigenvalue weighted by molar-refractivity contribution is 6.30. The van der Waals surface area contributed by atoms with Gasteiger partial charge >= 0.3 is 0 Å². The molecule has 0 spiro atoms. The van der Waals surface area contributed by atoms with Crippen LogP contribution in [0.3, 0.4) is 0 Å². The van der Waals surface area contributed by atoms with Gasteiger partial charge in [0.05, 0.1) is 6.04 Å². The topological polar surface area (TPSA) is 58.3 Å². The third-order valence-electron chi connectivity index (χ3n) is 4.94. The van der Waals surface area contributed by atoms with E-state index in [4.69, 9.17) is 17.3 Å². The summed E-state index contributed by atoms with van der Waals surface area (Å²) in [6.07, 6.45) is 5.59. The fourth-order valence-electron chi connectivity index (χ4n) is 3.69. The molecule has 0 radical (unpaired) electrons. The Hall–Kier alpha value is -2.29. The first-order chi connectivity index (χ1) is 12.2. The molecule has 1 aromatic carbocycles. The second kappa shape index (κ2) is 6.91. The van der Waals surface area contributed by atoms with Gasteiger partial charge in [-0.05, 0) is 37.1 Å². The van der Waals surface area contributed by atoms with E-state index in [1.165, 1.54) is 0 Å². The maximum absolute atomic E-state index is 5.98. The Kier molecular flexibility index (Phi) is 4.48. The van der Waals surface area contributed by atoms with Crippen LogP contribution in [0.4, 0.5) is 11.6 Å². The molecule has 0 unspecified atom stereocenters. The molecule has 5 nitrogen and oxygen atoms in total. The summed E-state index contributed by atoms with van der Waals surface area (Å²) in [6, 6.07) is 8.52. The molecule has 0 aliphatic carbocycles. The number of nitrogen functional groups attached to an aromatic ring is 1. The smallest absolute Gasteiger partial charge is 0.171 e. The van der Waals surface area contributed by atoms with Crippen LogP contribution in [0.25, 0.3) is 0 Å². The molecule has 2 N–H and O–H groups in total. The minimum atomic E-state index is 0.321. The number of halogens is 1. The Labute approximate surface area is 152 Å². The number of benzene rings is 1. The molecule has 6 heteroatoms. The number of hydrogen-bond acceptors (Lipinski definition) is 5.